The zero-order valence-electron chi connectivity index (χ0n) is 18.4. The van der Waals surface area contributed by atoms with E-state index in [-0.39, 0.29) is 17.1 Å². The molecule has 0 bridgehead atoms. The molecular formula is C26H28N2O4. The lowest BCUT2D eigenvalue weighted by molar-refractivity contribution is 0.0353. The van der Waals surface area contributed by atoms with Crippen molar-refractivity contribution >= 4 is 16.9 Å². The van der Waals surface area contributed by atoms with Crippen molar-refractivity contribution in [1.29, 1.82) is 0 Å². The van der Waals surface area contributed by atoms with Crippen molar-refractivity contribution < 1.29 is 13.9 Å². The fourth-order valence-electron chi connectivity index (χ4n) is 4.77. The van der Waals surface area contributed by atoms with Gasteiger partial charge in [0.15, 0.2) is 5.43 Å². The number of benzene rings is 2. The summed E-state index contributed by atoms with van der Waals surface area (Å²) in [6.07, 6.45) is 1.77. The van der Waals surface area contributed by atoms with Gasteiger partial charge < -0.3 is 14.1 Å². The maximum Gasteiger partial charge on any atom is 0.290 e. The predicted octanol–water partition coefficient (Wildman–Crippen LogP) is 3.62. The Kier molecular flexibility index (Phi) is 5.81. The second kappa shape index (κ2) is 8.88. The van der Waals surface area contributed by atoms with E-state index in [1.165, 1.54) is 5.56 Å². The Morgan fingerprint density at radius 2 is 1.72 bits per heavy atom. The van der Waals surface area contributed by atoms with Crippen molar-refractivity contribution in [1.82, 2.24) is 9.80 Å². The van der Waals surface area contributed by atoms with E-state index in [2.05, 4.69) is 24.0 Å². The summed E-state index contributed by atoms with van der Waals surface area (Å²) >= 11 is 0. The van der Waals surface area contributed by atoms with Gasteiger partial charge in [0.25, 0.3) is 5.91 Å². The van der Waals surface area contributed by atoms with Crippen LogP contribution < -0.4 is 5.43 Å². The maximum atomic E-state index is 13.5. The van der Waals surface area contributed by atoms with Crippen LogP contribution in [0.1, 0.15) is 46.6 Å². The molecule has 0 radical (unpaired) electrons. The Morgan fingerprint density at radius 3 is 2.47 bits per heavy atom. The average molecular weight is 433 g/mol. The second-order valence-electron chi connectivity index (χ2n) is 8.47. The molecule has 1 aromatic heterocycles. The number of nitrogens with zero attached hydrogens (tertiary/aromatic N) is 2. The summed E-state index contributed by atoms with van der Waals surface area (Å²) in [7, 11) is 0. The number of aryl methyl sites for hydroxylation is 1. The minimum absolute atomic E-state index is 0.115. The number of rotatable bonds is 6. The van der Waals surface area contributed by atoms with Gasteiger partial charge in [-0.1, -0.05) is 43.3 Å². The Morgan fingerprint density at radius 1 is 0.969 bits per heavy atom. The number of carbonyl (C=O) groups excluding carboxylic acids is 1. The van der Waals surface area contributed by atoms with Crippen molar-refractivity contribution in [2.24, 2.45) is 0 Å². The lowest BCUT2D eigenvalue weighted by Gasteiger charge is -2.29. The van der Waals surface area contributed by atoms with Crippen molar-refractivity contribution in [2.45, 2.75) is 25.8 Å². The molecule has 166 valence electrons. The number of hydrogen-bond donors (Lipinski definition) is 0. The third-order valence-electron chi connectivity index (χ3n) is 6.55. The van der Waals surface area contributed by atoms with E-state index in [0.29, 0.717) is 23.1 Å². The van der Waals surface area contributed by atoms with Gasteiger partial charge in [0.1, 0.15) is 5.58 Å². The van der Waals surface area contributed by atoms with Crippen molar-refractivity contribution in [3.05, 3.63) is 81.2 Å². The van der Waals surface area contributed by atoms with Crippen LogP contribution in [-0.2, 0) is 11.2 Å². The minimum Gasteiger partial charge on any atom is -0.450 e. The third-order valence-corrected chi connectivity index (χ3v) is 6.55. The van der Waals surface area contributed by atoms with Crippen LogP contribution in [0.2, 0.25) is 0 Å². The molecule has 5 rings (SSSR count). The predicted molar refractivity (Wildman–Crippen MR) is 123 cm³/mol. The Bertz CT molecular complexity index is 1180. The standard InChI is InChI=1S/C26H28N2O4/c1-2-18-8-10-19(11-9-18)23-22-24(29)20-6-3-4-7-21(20)32-25(22)26(30)28(23)13-5-12-27-14-16-31-17-15-27/h3-4,6-11,23H,2,5,12-17H2,1H3/t23-/m0/s1. The molecule has 3 heterocycles. The van der Waals surface area contributed by atoms with Crippen LogP contribution >= 0.6 is 0 Å². The maximum absolute atomic E-state index is 13.5. The van der Waals surface area contributed by atoms with Gasteiger partial charge in [0, 0.05) is 26.2 Å². The van der Waals surface area contributed by atoms with E-state index < -0.39 is 6.04 Å². The SMILES string of the molecule is CCc1ccc([C@H]2c3c(oc4ccccc4c3=O)C(=O)N2CCCN2CCOCC2)cc1. The zero-order chi connectivity index (χ0) is 22.1. The molecule has 2 aliphatic heterocycles. The van der Waals surface area contributed by atoms with E-state index >= 15 is 0 Å². The summed E-state index contributed by atoms with van der Waals surface area (Å²) < 4.78 is 11.4. The topological polar surface area (TPSA) is 63.0 Å². The molecule has 0 N–H and O–H groups in total. The van der Waals surface area contributed by atoms with Crippen molar-refractivity contribution in [3.8, 4) is 0 Å². The Hall–Kier alpha value is -2.96. The second-order valence-corrected chi connectivity index (χ2v) is 8.47. The number of amides is 1. The number of para-hydroxylation sites is 1. The highest BCUT2D eigenvalue weighted by atomic mass is 16.5. The molecule has 6 heteroatoms. The van der Waals surface area contributed by atoms with Crippen LogP contribution in [0.3, 0.4) is 0 Å². The minimum atomic E-state index is -0.422. The number of carbonyl (C=O) groups is 1. The molecule has 1 atom stereocenters. The fraction of sp³-hybridized carbons (Fsp3) is 0.385. The van der Waals surface area contributed by atoms with E-state index in [4.69, 9.17) is 9.15 Å². The number of morpholine rings is 1. The van der Waals surface area contributed by atoms with Gasteiger partial charge in [-0.05, 0) is 36.1 Å². The van der Waals surface area contributed by atoms with Crippen LogP contribution in [0.25, 0.3) is 11.0 Å². The molecule has 0 spiro atoms. The van der Waals surface area contributed by atoms with Crippen LogP contribution in [0.4, 0.5) is 0 Å². The highest BCUT2D eigenvalue weighted by Crippen LogP contribution is 2.38. The van der Waals surface area contributed by atoms with Crippen LogP contribution in [0, 0.1) is 0 Å². The molecular weight excluding hydrogens is 404 g/mol. The van der Waals surface area contributed by atoms with E-state index in [1.807, 2.05) is 29.2 Å². The number of hydrogen-bond acceptors (Lipinski definition) is 5. The normalized spacial score (nSPS) is 19.0. The largest absolute Gasteiger partial charge is 0.450 e. The fourth-order valence-corrected chi connectivity index (χ4v) is 4.77. The molecule has 32 heavy (non-hydrogen) atoms. The molecule has 3 aromatic rings. The summed E-state index contributed by atoms with van der Waals surface area (Å²) in [5.41, 5.74) is 2.98. The monoisotopic (exact) mass is 432 g/mol. The lowest BCUT2D eigenvalue weighted by Crippen LogP contribution is -2.38. The summed E-state index contributed by atoms with van der Waals surface area (Å²) in [4.78, 5) is 31.1. The molecule has 6 nitrogen and oxygen atoms in total. The summed E-state index contributed by atoms with van der Waals surface area (Å²) in [5.74, 6) is -0.0148. The van der Waals surface area contributed by atoms with Crippen molar-refractivity contribution in [3.63, 3.8) is 0 Å². The Balaban J connectivity index is 1.51. The van der Waals surface area contributed by atoms with Gasteiger partial charge in [0.2, 0.25) is 5.76 Å². The summed E-state index contributed by atoms with van der Waals surface area (Å²) in [6, 6.07) is 15.0. The first-order valence-electron chi connectivity index (χ1n) is 11.4. The first kappa shape index (κ1) is 20.9. The molecule has 1 amide bonds. The van der Waals surface area contributed by atoms with E-state index in [1.54, 1.807) is 12.1 Å². The van der Waals surface area contributed by atoms with Gasteiger partial charge in [-0.25, -0.2) is 0 Å². The molecule has 0 aliphatic carbocycles. The highest BCUT2D eigenvalue weighted by Gasteiger charge is 2.42. The van der Waals surface area contributed by atoms with Crippen LogP contribution in [0.15, 0.2) is 57.7 Å². The first-order chi connectivity index (χ1) is 15.7. The zero-order valence-corrected chi connectivity index (χ0v) is 18.4. The average Bonchev–Trinajstić information content (AvgIpc) is 3.12. The number of fused-ring (bicyclic) bond motifs is 2. The molecule has 0 saturated carbocycles. The van der Waals surface area contributed by atoms with Crippen LogP contribution in [0.5, 0.6) is 0 Å². The highest BCUT2D eigenvalue weighted by molar-refractivity contribution is 5.99. The molecule has 2 aromatic carbocycles. The van der Waals surface area contributed by atoms with E-state index in [0.717, 1.165) is 51.3 Å². The molecule has 1 saturated heterocycles. The smallest absolute Gasteiger partial charge is 0.290 e. The third kappa shape index (κ3) is 3.74. The molecule has 0 unspecified atom stereocenters. The van der Waals surface area contributed by atoms with Gasteiger partial charge in [0.05, 0.1) is 30.2 Å². The van der Waals surface area contributed by atoms with Gasteiger partial charge in [-0.15, -0.1) is 0 Å². The first-order valence-corrected chi connectivity index (χ1v) is 11.4. The molecule has 1 fully saturated rings. The quantitative estimate of drug-likeness (QED) is 0.595. The molecule has 2 aliphatic rings. The van der Waals surface area contributed by atoms with Gasteiger partial charge in [-0.2, -0.15) is 0 Å². The summed E-state index contributed by atoms with van der Waals surface area (Å²) in [5, 5.41) is 0.518. The van der Waals surface area contributed by atoms with Crippen molar-refractivity contribution in [2.75, 3.05) is 39.4 Å². The number of ether oxygens (including phenoxy) is 1. The van der Waals surface area contributed by atoms with Gasteiger partial charge >= 0.3 is 0 Å². The van der Waals surface area contributed by atoms with Crippen LogP contribution in [-0.4, -0.2) is 55.1 Å². The van der Waals surface area contributed by atoms with Gasteiger partial charge in [-0.3, -0.25) is 14.5 Å². The van der Waals surface area contributed by atoms with E-state index in [9.17, 15) is 9.59 Å². The summed E-state index contributed by atoms with van der Waals surface area (Å²) in [6.45, 7) is 6.92. The lowest BCUT2D eigenvalue weighted by atomic mass is 9.97. The Labute approximate surface area is 187 Å².